The largest absolute Gasteiger partial charge is 0.433 e. The number of hydrogen-bond donors (Lipinski definition) is 3. The number of nitrogens with zero attached hydrogens (tertiary/aromatic N) is 5. The molecule has 0 aliphatic rings. The highest BCUT2D eigenvalue weighted by Gasteiger charge is 2.20. The number of hydrogen-bond acceptors (Lipinski definition) is 11. The predicted molar refractivity (Wildman–Crippen MR) is 99.4 cm³/mol. The van der Waals surface area contributed by atoms with E-state index < -0.39 is 33.4 Å². The van der Waals surface area contributed by atoms with Crippen LogP contribution < -0.4 is 10.9 Å². The van der Waals surface area contributed by atoms with Gasteiger partial charge in [0.15, 0.2) is 17.2 Å². The van der Waals surface area contributed by atoms with Crippen LogP contribution >= 0.6 is 0 Å². The first-order chi connectivity index (χ1) is 14.8. The number of carbonyl (C=O) groups excluding carboxylic acids is 2. The lowest BCUT2D eigenvalue weighted by atomic mass is 10.3. The van der Waals surface area contributed by atoms with Crippen molar-refractivity contribution in [2.45, 2.75) is 0 Å². The van der Waals surface area contributed by atoms with Gasteiger partial charge in [-0.3, -0.25) is 29.8 Å². The Morgan fingerprint density at radius 2 is 1.45 bits per heavy atom. The summed E-state index contributed by atoms with van der Waals surface area (Å²) in [6.07, 6.45) is 3.13. The first kappa shape index (κ1) is 20.6. The molecule has 0 atom stereocenters. The summed E-state index contributed by atoms with van der Waals surface area (Å²) in [4.78, 5) is 50.1. The van der Waals surface area contributed by atoms with E-state index in [-0.39, 0.29) is 22.9 Å². The fraction of sp³-hybridized carbons (Fsp3) is 0. The van der Waals surface area contributed by atoms with Gasteiger partial charge in [0, 0.05) is 0 Å². The fourth-order valence-corrected chi connectivity index (χ4v) is 2.08. The average Bonchev–Trinajstić information content (AvgIpc) is 3.47. The second-order valence-electron chi connectivity index (χ2n) is 5.39. The lowest BCUT2D eigenvalue weighted by molar-refractivity contribution is -0.402. The van der Waals surface area contributed by atoms with E-state index >= 15 is 0 Å². The van der Waals surface area contributed by atoms with Crippen LogP contribution in [-0.4, -0.2) is 44.1 Å². The van der Waals surface area contributed by atoms with Crippen molar-refractivity contribution in [3.63, 3.8) is 0 Å². The minimum absolute atomic E-state index is 0.0134. The molecule has 2 amide bonds. The summed E-state index contributed by atoms with van der Waals surface area (Å²) in [5.74, 6) is -2.67. The van der Waals surface area contributed by atoms with Crippen molar-refractivity contribution in [3.8, 4) is 0 Å². The molecule has 16 nitrogen and oxygen atoms in total. The Labute approximate surface area is 169 Å². The number of hydrazone groups is 2. The normalized spacial score (nSPS) is 11.1. The topological polar surface area (TPSA) is 224 Å². The Morgan fingerprint density at radius 1 is 0.935 bits per heavy atom. The summed E-state index contributed by atoms with van der Waals surface area (Å²) in [5, 5.41) is 28.2. The standard InChI is InChI=1S/C15H10N8O8/c24-14(20-18-5-8-1-3-10(30-8)22(26)27)12-13(17-7-16-12)15(25)21-19-6-9-2-4-11(31-9)23(28)29/h1-7H,(H,16,17)(H,20,24)(H,21,25). The molecule has 0 saturated carbocycles. The van der Waals surface area contributed by atoms with Gasteiger partial charge in [0.2, 0.25) is 0 Å². The summed E-state index contributed by atoms with van der Waals surface area (Å²) in [7, 11) is 0. The Bertz CT molecular complexity index is 1110. The zero-order valence-corrected chi connectivity index (χ0v) is 15.0. The van der Waals surface area contributed by atoms with Gasteiger partial charge in [0.1, 0.15) is 15.5 Å². The number of carbonyl (C=O) groups is 2. The van der Waals surface area contributed by atoms with Crippen LogP contribution in [0.4, 0.5) is 11.8 Å². The Balaban J connectivity index is 1.59. The maximum atomic E-state index is 12.2. The van der Waals surface area contributed by atoms with E-state index in [1.807, 2.05) is 0 Å². The lowest BCUT2D eigenvalue weighted by Crippen LogP contribution is -2.25. The molecule has 0 aromatic carbocycles. The highest BCUT2D eigenvalue weighted by molar-refractivity contribution is 6.05. The second kappa shape index (κ2) is 8.90. The van der Waals surface area contributed by atoms with E-state index in [1.165, 1.54) is 12.1 Å². The van der Waals surface area contributed by atoms with E-state index in [0.29, 0.717) is 0 Å². The van der Waals surface area contributed by atoms with Gasteiger partial charge in [-0.05, 0) is 12.1 Å². The van der Waals surface area contributed by atoms with Crippen LogP contribution in [0.5, 0.6) is 0 Å². The number of rotatable bonds is 8. The average molecular weight is 430 g/mol. The molecule has 0 aliphatic heterocycles. The van der Waals surface area contributed by atoms with Gasteiger partial charge in [-0.2, -0.15) is 10.2 Å². The van der Waals surface area contributed by atoms with Crippen LogP contribution in [0.15, 0.2) is 49.6 Å². The highest BCUT2D eigenvalue weighted by Crippen LogP contribution is 2.14. The summed E-state index contributed by atoms with van der Waals surface area (Å²) in [6, 6.07) is 4.77. The van der Waals surface area contributed by atoms with Crippen LogP contribution in [0.3, 0.4) is 0 Å². The number of aromatic nitrogens is 2. The Kier molecular flexibility index (Phi) is 5.91. The molecule has 0 saturated heterocycles. The molecular weight excluding hydrogens is 420 g/mol. The maximum absolute atomic E-state index is 12.2. The fourth-order valence-electron chi connectivity index (χ4n) is 2.08. The number of imidazole rings is 1. The molecule has 31 heavy (non-hydrogen) atoms. The number of amides is 2. The Hall–Kier alpha value is -5.15. The highest BCUT2D eigenvalue weighted by atomic mass is 16.7. The van der Waals surface area contributed by atoms with Gasteiger partial charge >= 0.3 is 11.8 Å². The molecule has 0 spiro atoms. The number of nitro groups is 2. The summed E-state index contributed by atoms with van der Waals surface area (Å²) in [5.41, 5.74) is 3.62. The van der Waals surface area contributed by atoms with E-state index in [0.717, 1.165) is 30.9 Å². The zero-order valence-electron chi connectivity index (χ0n) is 15.0. The van der Waals surface area contributed by atoms with E-state index in [4.69, 9.17) is 8.83 Å². The van der Waals surface area contributed by atoms with Gasteiger partial charge in [0.05, 0.1) is 30.9 Å². The third-order valence-corrected chi connectivity index (χ3v) is 3.38. The summed E-state index contributed by atoms with van der Waals surface area (Å²) >= 11 is 0. The number of aromatic amines is 1. The van der Waals surface area contributed by atoms with Crippen molar-refractivity contribution >= 4 is 36.0 Å². The van der Waals surface area contributed by atoms with Crippen molar-refractivity contribution in [2.24, 2.45) is 10.2 Å². The van der Waals surface area contributed by atoms with Crippen molar-refractivity contribution in [3.05, 3.63) is 73.7 Å². The molecule has 3 N–H and O–H groups in total. The summed E-state index contributed by atoms with van der Waals surface area (Å²) in [6.45, 7) is 0. The van der Waals surface area contributed by atoms with E-state index in [1.54, 1.807) is 0 Å². The van der Waals surface area contributed by atoms with Gasteiger partial charge in [0.25, 0.3) is 11.8 Å². The van der Waals surface area contributed by atoms with Crippen LogP contribution in [-0.2, 0) is 0 Å². The molecule has 3 rings (SSSR count). The quantitative estimate of drug-likeness (QED) is 0.262. The van der Waals surface area contributed by atoms with Crippen LogP contribution in [0.2, 0.25) is 0 Å². The smallest absolute Gasteiger partial charge is 0.400 e. The first-order valence-corrected chi connectivity index (χ1v) is 8.04. The predicted octanol–water partition coefficient (Wildman–Crippen LogP) is 0.940. The molecule has 3 aromatic rings. The van der Waals surface area contributed by atoms with Gasteiger partial charge < -0.3 is 13.8 Å². The van der Waals surface area contributed by atoms with Crippen molar-refractivity contribution in [1.82, 2.24) is 20.8 Å². The number of furan rings is 2. The van der Waals surface area contributed by atoms with Crippen molar-refractivity contribution < 1.29 is 28.3 Å². The molecule has 0 radical (unpaired) electrons. The molecule has 0 fully saturated rings. The number of H-pyrrole nitrogens is 1. The SMILES string of the molecule is O=C(NN=Cc1ccc([N+](=O)[O-])o1)c1nc[nH]c1C(=O)NN=Cc1ccc([N+](=O)[O-])o1. The minimum Gasteiger partial charge on any atom is -0.400 e. The van der Waals surface area contributed by atoms with Crippen LogP contribution in [0, 0.1) is 20.2 Å². The molecule has 3 aromatic heterocycles. The summed E-state index contributed by atoms with van der Waals surface area (Å²) < 4.78 is 9.66. The van der Waals surface area contributed by atoms with E-state index in [9.17, 15) is 29.8 Å². The van der Waals surface area contributed by atoms with Gasteiger partial charge in [-0.15, -0.1) is 0 Å². The van der Waals surface area contributed by atoms with Crippen LogP contribution in [0.25, 0.3) is 0 Å². The molecule has 0 aliphatic carbocycles. The molecule has 158 valence electrons. The van der Waals surface area contributed by atoms with Crippen molar-refractivity contribution in [1.29, 1.82) is 0 Å². The molecule has 16 heteroatoms. The number of nitrogens with one attached hydrogen (secondary N) is 3. The van der Waals surface area contributed by atoms with Crippen LogP contribution in [0.1, 0.15) is 32.5 Å². The molecule has 0 unspecified atom stereocenters. The monoisotopic (exact) mass is 430 g/mol. The van der Waals surface area contributed by atoms with Gasteiger partial charge in [-0.1, -0.05) is 0 Å². The minimum atomic E-state index is -0.866. The van der Waals surface area contributed by atoms with Crippen molar-refractivity contribution in [2.75, 3.05) is 0 Å². The Morgan fingerprint density at radius 3 is 1.94 bits per heavy atom. The molecule has 3 heterocycles. The third kappa shape index (κ3) is 5.02. The molecule has 0 bridgehead atoms. The molecular formula is C15H10N8O8. The van der Waals surface area contributed by atoms with Gasteiger partial charge in [-0.25, -0.2) is 15.8 Å². The third-order valence-electron chi connectivity index (χ3n) is 3.38. The lowest BCUT2D eigenvalue weighted by Gasteiger charge is -2.00. The van der Waals surface area contributed by atoms with E-state index in [2.05, 4.69) is 31.0 Å². The second-order valence-corrected chi connectivity index (χ2v) is 5.39. The first-order valence-electron chi connectivity index (χ1n) is 8.04. The zero-order chi connectivity index (χ0) is 22.4. The maximum Gasteiger partial charge on any atom is 0.433 e.